The van der Waals surface area contributed by atoms with Crippen molar-refractivity contribution >= 4 is 11.9 Å². The quantitative estimate of drug-likeness (QED) is 0.0297. The molecule has 10 nitrogen and oxygen atoms in total. The number of carbonyl (C=O) groups is 2. The lowest BCUT2D eigenvalue weighted by Crippen LogP contribution is -2.59. The Balaban J connectivity index is 2.43. The third kappa shape index (κ3) is 25.0. The first-order valence-corrected chi connectivity index (χ1v) is 20.6. The van der Waals surface area contributed by atoms with Gasteiger partial charge in [-0.05, 0) is 57.8 Å². The molecular weight excluding hydrogens is 664 g/mol. The van der Waals surface area contributed by atoms with Crippen molar-refractivity contribution in [2.24, 2.45) is 0 Å². The second kappa shape index (κ2) is 33.5. The summed E-state index contributed by atoms with van der Waals surface area (Å²) in [6, 6.07) is 0. The minimum absolute atomic E-state index is 0.121. The molecule has 0 aromatic carbocycles. The molecule has 0 amide bonds. The van der Waals surface area contributed by atoms with Gasteiger partial charge in [0.25, 0.3) is 0 Å². The molecule has 10 heteroatoms. The lowest BCUT2D eigenvalue weighted by molar-refractivity contribution is -0.305. The van der Waals surface area contributed by atoms with Crippen molar-refractivity contribution in [3.05, 3.63) is 36.5 Å². The number of carbonyl (C=O) groups excluding carboxylic acids is 2. The highest BCUT2D eigenvalue weighted by molar-refractivity contribution is 5.70. The number of esters is 2. The zero-order chi connectivity index (χ0) is 38.1. The van der Waals surface area contributed by atoms with Crippen LogP contribution >= 0.6 is 0 Å². The van der Waals surface area contributed by atoms with Crippen molar-refractivity contribution in [1.29, 1.82) is 0 Å². The lowest BCUT2D eigenvalue weighted by atomic mass is 9.99. The zero-order valence-corrected chi connectivity index (χ0v) is 32.6. The van der Waals surface area contributed by atoms with Crippen molar-refractivity contribution in [3.63, 3.8) is 0 Å². The second-order valence-corrected chi connectivity index (χ2v) is 14.1. The maximum absolute atomic E-state index is 12.7. The van der Waals surface area contributed by atoms with E-state index < -0.39 is 55.4 Å². The molecule has 3 unspecified atom stereocenters. The standard InChI is InChI=1S/C42H74O10/c1-3-5-7-9-11-13-15-17-19-20-22-24-26-28-30-37(44)49-33-35(34-50-42-41(48)40(47)39(46)36(32-43)52-42)51-38(45)31-29-27-25-23-21-18-16-14-12-10-8-6-4-2/h18-21,25,27,35-36,39-43,46-48H,3-17,22-24,26,28-34H2,1-2H3/b20-19+,21-18+,27-25+/t35?,36-,39+,40?,41?,42-/m0/s1. The van der Waals surface area contributed by atoms with E-state index >= 15 is 0 Å². The van der Waals surface area contributed by atoms with Gasteiger partial charge in [0.2, 0.25) is 0 Å². The summed E-state index contributed by atoms with van der Waals surface area (Å²) in [5, 5.41) is 39.9. The summed E-state index contributed by atoms with van der Waals surface area (Å²) in [6.45, 7) is 3.32. The molecule has 1 fully saturated rings. The summed E-state index contributed by atoms with van der Waals surface area (Å²) in [6.07, 6.45) is 28.8. The average molecular weight is 739 g/mol. The molecule has 0 aromatic heterocycles. The van der Waals surface area contributed by atoms with Crippen LogP contribution in [0.25, 0.3) is 0 Å². The van der Waals surface area contributed by atoms with E-state index in [-0.39, 0.29) is 26.1 Å². The maximum Gasteiger partial charge on any atom is 0.306 e. The van der Waals surface area contributed by atoms with Crippen LogP contribution in [-0.2, 0) is 28.5 Å². The predicted molar refractivity (Wildman–Crippen MR) is 206 cm³/mol. The van der Waals surface area contributed by atoms with E-state index in [1.54, 1.807) is 0 Å². The summed E-state index contributed by atoms with van der Waals surface area (Å²) in [5.74, 6) is -0.905. The van der Waals surface area contributed by atoms with Gasteiger partial charge >= 0.3 is 11.9 Å². The second-order valence-electron chi connectivity index (χ2n) is 14.1. The summed E-state index contributed by atoms with van der Waals surface area (Å²) in [7, 11) is 0. The Kier molecular flexibility index (Phi) is 30.9. The number of ether oxygens (including phenoxy) is 4. The minimum Gasteiger partial charge on any atom is -0.462 e. The molecule has 1 aliphatic rings. The van der Waals surface area contributed by atoms with E-state index in [1.807, 2.05) is 12.2 Å². The number of unbranched alkanes of at least 4 members (excludes halogenated alkanes) is 16. The lowest BCUT2D eigenvalue weighted by Gasteiger charge is -2.39. The van der Waals surface area contributed by atoms with Crippen molar-refractivity contribution < 1.29 is 49.0 Å². The molecule has 1 heterocycles. The summed E-state index contributed by atoms with van der Waals surface area (Å²) >= 11 is 0. The molecule has 4 N–H and O–H groups in total. The number of hydrogen-bond donors (Lipinski definition) is 4. The molecule has 1 aliphatic heterocycles. The topological polar surface area (TPSA) is 152 Å². The highest BCUT2D eigenvalue weighted by atomic mass is 16.7. The predicted octanol–water partition coefficient (Wildman–Crippen LogP) is 7.94. The van der Waals surface area contributed by atoms with E-state index in [0.29, 0.717) is 12.8 Å². The van der Waals surface area contributed by atoms with Gasteiger partial charge in [0.15, 0.2) is 12.4 Å². The third-order valence-electron chi connectivity index (χ3n) is 9.26. The van der Waals surface area contributed by atoms with Gasteiger partial charge in [-0.15, -0.1) is 0 Å². The number of aliphatic hydroxyl groups excluding tert-OH is 4. The number of hydrogen-bond acceptors (Lipinski definition) is 10. The minimum atomic E-state index is -1.60. The van der Waals surface area contributed by atoms with Gasteiger partial charge in [-0.2, -0.15) is 0 Å². The highest BCUT2D eigenvalue weighted by Gasteiger charge is 2.44. The van der Waals surface area contributed by atoms with E-state index in [2.05, 4.69) is 38.2 Å². The number of rotatable bonds is 33. The Morgan fingerprint density at radius 3 is 1.69 bits per heavy atom. The average Bonchev–Trinajstić information content (AvgIpc) is 3.14. The molecule has 0 aliphatic carbocycles. The van der Waals surface area contributed by atoms with Gasteiger partial charge in [0.05, 0.1) is 13.2 Å². The Morgan fingerprint density at radius 2 is 1.12 bits per heavy atom. The molecule has 6 atom stereocenters. The smallest absolute Gasteiger partial charge is 0.306 e. The summed E-state index contributed by atoms with van der Waals surface area (Å²) in [4.78, 5) is 25.2. The van der Waals surface area contributed by atoms with Gasteiger partial charge in [-0.25, -0.2) is 0 Å². The molecule has 0 saturated carbocycles. The van der Waals surface area contributed by atoms with Gasteiger partial charge in [-0.1, -0.05) is 127 Å². The van der Waals surface area contributed by atoms with Gasteiger partial charge in [-0.3, -0.25) is 9.59 Å². The molecule has 1 rings (SSSR count). The van der Waals surface area contributed by atoms with Crippen molar-refractivity contribution in [2.75, 3.05) is 19.8 Å². The van der Waals surface area contributed by atoms with Crippen molar-refractivity contribution in [2.45, 2.75) is 198 Å². The Hall–Kier alpha value is -2.08. The van der Waals surface area contributed by atoms with Crippen LogP contribution in [0.5, 0.6) is 0 Å². The van der Waals surface area contributed by atoms with Crippen LogP contribution in [0.1, 0.15) is 162 Å². The van der Waals surface area contributed by atoms with Crippen LogP contribution in [0, 0.1) is 0 Å². The molecule has 0 spiro atoms. The van der Waals surface area contributed by atoms with E-state index in [4.69, 9.17) is 18.9 Å². The van der Waals surface area contributed by atoms with Gasteiger partial charge in [0.1, 0.15) is 31.0 Å². The Bertz CT molecular complexity index is 949. The van der Waals surface area contributed by atoms with Gasteiger partial charge < -0.3 is 39.4 Å². The molecule has 0 radical (unpaired) electrons. The summed E-state index contributed by atoms with van der Waals surface area (Å²) in [5.41, 5.74) is 0. The maximum atomic E-state index is 12.7. The molecular formula is C42H74O10. The van der Waals surface area contributed by atoms with E-state index in [1.165, 1.54) is 83.5 Å². The monoisotopic (exact) mass is 739 g/mol. The molecule has 302 valence electrons. The van der Waals surface area contributed by atoms with Crippen LogP contribution in [0.2, 0.25) is 0 Å². The van der Waals surface area contributed by atoms with Crippen LogP contribution in [-0.4, -0.2) is 89.0 Å². The van der Waals surface area contributed by atoms with Crippen LogP contribution in [0.3, 0.4) is 0 Å². The Labute approximate surface area is 315 Å². The van der Waals surface area contributed by atoms with Gasteiger partial charge in [0, 0.05) is 12.8 Å². The molecule has 1 saturated heterocycles. The Morgan fingerprint density at radius 1 is 0.596 bits per heavy atom. The molecule has 0 bridgehead atoms. The first-order valence-electron chi connectivity index (χ1n) is 20.6. The molecule has 0 aromatic rings. The van der Waals surface area contributed by atoms with Crippen molar-refractivity contribution in [1.82, 2.24) is 0 Å². The summed E-state index contributed by atoms with van der Waals surface area (Å²) < 4.78 is 22.0. The van der Waals surface area contributed by atoms with Crippen LogP contribution in [0.4, 0.5) is 0 Å². The SMILES string of the molecule is CCCCCCCC/C=C/C/C=C/CCC(=O)OC(COC(=O)CCCCC/C=C/CCCCCCCCC)CO[C@H]1O[C@@H](CO)[C@@H](O)C(O)C1O. The molecule has 52 heavy (non-hydrogen) atoms. The largest absolute Gasteiger partial charge is 0.462 e. The fraction of sp³-hybridized carbons (Fsp3) is 0.810. The van der Waals surface area contributed by atoms with Crippen LogP contribution < -0.4 is 0 Å². The van der Waals surface area contributed by atoms with Crippen LogP contribution in [0.15, 0.2) is 36.5 Å². The van der Waals surface area contributed by atoms with E-state index in [9.17, 15) is 30.0 Å². The first-order chi connectivity index (χ1) is 25.3. The zero-order valence-electron chi connectivity index (χ0n) is 32.6. The first kappa shape index (κ1) is 47.9. The normalized spacial score (nSPS) is 21.4. The fourth-order valence-electron chi connectivity index (χ4n) is 5.94. The van der Waals surface area contributed by atoms with E-state index in [0.717, 1.165) is 38.5 Å². The van der Waals surface area contributed by atoms with Crippen molar-refractivity contribution in [3.8, 4) is 0 Å². The fourth-order valence-corrected chi connectivity index (χ4v) is 5.94. The third-order valence-corrected chi connectivity index (χ3v) is 9.26. The highest BCUT2D eigenvalue weighted by Crippen LogP contribution is 2.22. The number of allylic oxidation sites excluding steroid dienone is 6. The number of aliphatic hydroxyl groups is 4.